The van der Waals surface area contributed by atoms with Gasteiger partial charge in [-0.15, -0.1) is 0 Å². The summed E-state index contributed by atoms with van der Waals surface area (Å²) in [5.41, 5.74) is 4.65. The first kappa shape index (κ1) is 12.9. The first-order valence-electron chi connectivity index (χ1n) is 8.40. The van der Waals surface area contributed by atoms with E-state index in [2.05, 4.69) is 53.4 Å². The van der Waals surface area contributed by atoms with Crippen molar-refractivity contribution in [2.45, 2.75) is 24.4 Å². The van der Waals surface area contributed by atoms with E-state index in [9.17, 15) is 5.11 Å². The van der Waals surface area contributed by atoms with E-state index in [4.69, 9.17) is 0 Å². The fourth-order valence-electron chi connectivity index (χ4n) is 5.10. The van der Waals surface area contributed by atoms with Crippen LogP contribution in [0.1, 0.15) is 29.9 Å². The van der Waals surface area contributed by atoms with Gasteiger partial charge >= 0.3 is 0 Å². The molecule has 22 heavy (non-hydrogen) atoms. The number of rotatable bonds is 1. The molecule has 1 atom stereocenters. The lowest BCUT2D eigenvalue weighted by Crippen LogP contribution is -2.61. The Hall–Kier alpha value is -1.64. The fraction of sp³-hybridized carbons (Fsp3) is 0.400. The van der Waals surface area contributed by atoms with Crippen LogP contribution < -0.4 is 0 Å². The van der Waals surface area contributed by atoms with E-state index in [1.54, 1.807) is 0 Å². The summed E-state index contributed by atoms with van der Waals surface area (Å²) in [6.07, 6.45) is 2.27. The van der Waals surface area contributed by atoms with Crippen molar-refractivity contribution in [3.63, 3.8) is 0 Å². The Bertz CT molecular complexity index is 686. The van der Waals surface area contributed by atoms with E-state index in [0.717, 1.165) is 32.5 Å². The number of hydrogen-bond donors (Lipinski definition) is 1. The topological polar surface area (TPSA) is 23.5 Å². The Morgan fingerprint density at radius 1 is 0.864 bits per heavy atom. The maximum atomic E-state index is 11.7. The van der Waals surface area contributed by atoms with Gasteiger partial charge in [-0.1, -0.05) is 48.5 Å². The van der Waals surface area contributed by atoms with Crippen molar-refractivity contribution < 1.29 is 5.11 Å². The molecule has 2 nitrogen and oxygen atoms in total. The number of fused-ring (bicyclic) bond motifs is 6. The van der Waals surface area contributed by atoms with Gasteiger partial charge in [-0.05, 0) is 54.1 Å². The lowest BCUT2D eigenvalue weighted by molar-refractivity contribution is -0.120. The minimum atomic E-state index is -0.612. The molecule has 1 aliphatic carbocycles. The largest absolute Gasteiger partial charge is 0.387 e. The van der Waals surface area contributed by atoms with Crippen LogP contribution >= 0.6 is 0 Å². The quantitative estimate of drug-likeness (QED) is 0.872. The Morgan fingerprint density at radius 2 is 1.41 bits per heavy atom. The van der Waals surface area contributed by atoms with Crippen LogP contribution in [0.25, 0.3) is 11.1 Å². The van der Waals surface area contributed by atoms with Crippen molar-refractivity contribution >= 4 is 0 Å². The van der Waals surface area contributed by atoms with Crippen LogP contribution in [0.3, 0.4) is 0 Å². The van der Waals surface area contributed by atoms with Gasteiger partial charge in [0, 0.05) is 12.5 Å². The molecule has 3 saturated heterocycles. The van der Waals surface area contributed by atoms with Crippen LogP contribution in [0.2, 0.25) is 0 Å². The highest BCUT2D eigenvalue weighted by molar-refractivity contribution is 5.79. The summed E-state index contributed by atoms with van der Waals surface area (Å²) in [7, 11) is 0. The molecule has 0 aromatic heterocycles. The molecule has 0 amide bonds. The number of piperidine rings is 3. The minimum Gasteiger partial charge on any atom is -0.387 e. The smallest absolute Gasteiger partial charge is 0.0911 e. The normalized spacial score (nSPS) is 32.8. The summed E-state index contributed by atoms with van der Waals surface area (Å²) in [5.74, 6) is 0.565. The van der Waals surface area contributed by atoms with Gasteiger partial charge in [0.25, 0.3) is 0 Å². The minimum absolute atomic E-state index is 0.132. The highest BCUT2D eigenvalue weighted by Crippen LogP contribution is 2.54. The van der Waals surface area contributed by atoms with E-state index in [1.807, 2.05) is 0 Å². The summed E-state index contributed by atoms with van der Waals surface area (Å²) in [4.78, 5) is 2.45. The predicted molar refractivity (Wildman–Crippen MR) is 87.8 cm³/mol. The molecule has 3 aliphatic heterocycles. The van der Waals surface area contributed by atoms with E-state index < -0.39 is 5.60 Å². The zero-order valence-corrected chi connectivity index (χ0v) is 12.7. The first-order chi connectivity index (χ1) is 10.8. The molecule has 2 aromatic carbocycles. The number of benzene rings is 2. The van der Waals surface area contributed by atoms with Gasteiger partial charge in [-0.25, -0.2) is 0 Å². The molecule has 3 heterocycles. The lowest BCUT2D eigenvalue weighted by Gasteiger charge is -2.53. The van der Waals surface area contributed by atoms with Crippen molar-refractivity contribution in [1.29, 1.82) is 0 Å². The second-order valence-electron chi connectivity index (χ2n) is 7.15. The van der Waals surface area contributed by atoms with Crippen LogP contribution in [-0.4, -0.2) is 35.2 Å². The molecule has 6 rings (SSSR count). The lowest BCUT2D eigenvalue weighted by atomic mass is 9.66. The molecule has 4 aliphatic rings. The van der Waals surface area contributed by atoms with Gasteiger partial charge < -0.3 is 10.0 Å². The summed E-state index contributed by atoms with van der Waals surface area (Å²) in [6, 6.07) is 17.3. The van der Waals surface area contributed by atoms with Crippen molar-refractivity contribution in [2.24, 2.45) is 5.92 Å². The zero-order chi connectivity index (χ0) is 14.7. The standard InChI is InChI=1S/C20H21NO/c22-20(13-21-11-9-14(20)10-12-21)19-17-7-3-1-5-15(17)16-6-2-4-8-18(16)19/h1-8,14,19,22H,9-13H2/t20-/m1/s1. The fourth-order valence-corrected chi connectivity index (χ4v) is 5.10. The Balaban J connectivity index is 1.71. The maximum absolute atomic E-state index is 11.7. The Kier molecular flexibility index (Phi) is 2.59. The first-order valence-corrected chi connectivity index (χ1v) is 8.40. The molecule has 1 N–H and O–H groups in total. The third-order valence-corrected chi connectivity index (χ3v) is 6.11. The second-order valence-corrected chi connectivity index (χ2v) is 7.15. The van der Waals surface area contributed by atoms with Gasteiger partial charge in [-0.2, -0.15) is 0 Å². The predicted octanol–water partition coefficient (Wildman–Crippen LogP) is 3.26. The average molecular weight is 291 g/mol. The molecule has 0 radical (unpaired) electrons. The molecular weight excluding hydrogens is 270 g/mol. The van der Waals surface area contributed by atoms with Gasteiger partial charge in [0.2, 0.25) is 0 Å². The summed E-state index contributed by atoms with van der Waals surface area (Å²) in [5, 5.41) is 11.7. The van der Waals surface area contributed by atoms with E-state index in [-0.39, 0.29) is 5.92 Å². The molecule has 2 heteroatoms. The van der Waals surface area contributed by atoms with Crippen LogP contribution in [0.4, 0.5) is 0 Å². The average Bonchev–Trinajstić information content (AvgIpc) is 2.91. The summed E-state index contributed by atoms with van der Waals surface area (Å²) >= 11 is 0. The summed E-state index contributed by atoms with van der Waals surface area (Å²) in [6.45, 7) is 3.14. The van der Waals surface area contributed by atoms with Crippen molar-refractivity contribution in [2.75, 3.05) is 19.6 Å². The van der Waals surface area contributed by atoms with Crippen LogP contribution in [0.5, 0.6) is 0 Å². The Morgan fingerprint density at radius 3 is 1.91 bits per heavy atom. The van der Waals surface area contributed by atoms with E-state index >= 15 is 0 Å². The summed E-state index contributed by atoms with van der Waals surface area (Å²) < 4.78 is 0. The maximum Gasteiger partial charge on any atom is 0.0911 e. The number of nitrogens with zero attached hydrogens (tertiary/aromatic N) is 1. The van der Waals surface area contributed by atoms with E-state index in [0.29, 0.717) is 5.92 Å². The van der Waals surface area contributed by atoms with Crippen LogP contribution in [-0.2, 0) is 0 Å². The Labute approximate surface area is 131 Å². The molecule has 0 spiro atoms. The highest BCUT2D eigenvalue weighted by Gasteiger charge is 2.53. The van der Waals surface area contributed by atoms with Gasteiger partial charge in [0.05, 0.1) is 5.60 Å². The van der Waals surface area contributed by atoms with Crippen LogP contribution in [0, 0.1) is 5.92 Å². The molecule has 0 unspecified atom stereocenters. The highest BCUT2D eigenvalue weighted by atomic mass is 16.3. The third kappa shape index (κ3) is 1.57. The van der Waals surface area contributed by atoms with Crippen LogP contribution in [0.15, 0.2) is 48.5 Å². The zero-order valence-electron chi connectivity index (χ0n) is 12.7. The monoisotopic (exact) mass is 291 g/mol. The molecule has 112 valence electrons. The number of aliphatic hydroxyl groups is 1. The van der Waals surface area contributed by atoms with Crippen molar-refractivity contribution in [3.8, 4) is 11.1 Å². The second kappa shape index (κ2) is 4.43. The molecular formula is C20H21NO. The third-order valence-electron chi connectivity index (χ3n) is 6.11. The van der Waals surface area contributed by atoms with Crippen molar-refractivity contribution in [3.05, 3.63) is 59.7 Å². The molecule has 0 saturated carbocycles. The van der Waals surface area contributed by atoms with Gasteiger partial charge in [0.1, 0.15) is 0 Å². The van der Waals surface area contributed by atoms with E-state index in [1.165, 1.54) is 22.3 Å². The number of hydrogen-bond acceptors (Lipinski definition) is 2. The van der Waals surface area contributed by atoms with Gasteiger partial charge in [-0.3, -0.25) is 0 Å². The SMILES string of the molecule is O[C@]1(C2c3ccccc3-c3ccccc32)CN2CCC1CC2. The van der Waals surface area contributed by atoms with Gasteiger partial charge in [0.15, 0.2) is 0 Å². The molecule has 2 bridgehead atoms. The molecule has 2 aromatic rings. The van der Waals surface area contributed by atoms with Crippen molar-refractivity contribution in [1.82, 2.24) is 4.90 Å². The molecule has 3 fully saturated rings.